The van der Waals surface area contributed by atoms with E-state index in [1.807, 2.05) is 30.3 Å². The summed E-state index contributed by atoms with van der Waals surface area (Å²) in [5.74, 6) is -1.05. The van der Waals surface area contributed by atoms with Crippen molar-refractivity contribution in [3.8, 4) is 0 Å². The maximum atomic E-state index is 12.7. The Morgan fingerprint density at radius 1 is 0.929 bits per heavy atom. The molecule has 1 aliphatic heterocycles. The van der Waals surface area contributed by atoms with Crippen molar-refractivity contribution in [1.82, 2.24) is 9.88 Å². The van der Waals surface area contributed by atoms with Gasteiger partial charge >= 0.3 is 0 Å². The highest BCUT2D eigenvalue weighted by atomic mass is 16.2. The molecule has 0 radical (unpaired) electrons. The third-order valence-corrected chi connectivity index (χ3v) is 4.62. The smallest absolute Gasteiger partial charge is 0.261 e. The summed E-state index contributed by atoms with van der Waals surface area (Å²) < 4.78 is 0. The first-order valence-corrected chi connectivity index (χ1v) is 8.89. The van der Waals surface area contributed by atoms with Gasteiger partial charge < -0.3 is 5.32 Å². The molecular formula is C22H17N3O3. The highest BCUT2D eigenvalue weighted by Crippen LogP contribution is 2.24. The zero-order valence-corrected chi connectivity index (χ0v) is 15.0. The number of anilines is 1. The molecule has 0 aliphatic carbocycles. The third kappa shape index (κ3) is 3.40. The lowest BCUT2D eigenvalue weighted by Crippen LogP contribution is -2.31. The van der Waals surface area contributed by atoms with Crippen LogP contribution in [0.25, 0.3) is 0 Å². The maximum absolute atomic E-state index is 12.7. The minimum atomic E-state index is -0.369. The molecule has 0 atom stereocenters. The molecule has 138 valence electrons. The SMILES string of the molecule is O=C(Nc1cccnc1)c1ccc2c(c1)C(=O)N(CCc1ccccc1)C2=O. The minimum Gasteiger partial charge on any atom is -0.321 e. The van der Waals surface area contributed by atoms with Crippen molar-refractivity contribution >= 4 is 23.4 Å². The number of nitrogens with zero attached hydrogens (tertiary/aromatic N) is 2. The van der Waals surface area contributed by atoms with Gasteiger partial charge in [0.2, 0.25) is 0 Å². The highest BCUT2D eigenvalue weighted by molar-refractivity contribution is 6.22. The second-order valence-corrected chi connectivity index (χ2v) is 6.45. The number of aromatic nitrogens is 1. The van der Waals surface area contributed by atoms with Crippen LogP contribution in [-0.2, 0) is 6.42 Å². The number of nitrogens with one attached hydrogen (secondary N) is 1. The monoisotopic (exact) mass is 371 g/mol. The van der Waals surface area contributed by atoms with Crippen LogP contribution in [0.4, 0.5) is 5.69 Å². The molecule has 6 heteroatoms. The molecule has 28 heavy (non-hydrogen) atoms. The Balaban J connectivity index is 1.51. The molecule has 6 nitrogen and oxygen atoms in total. The van der Waals surface area contributed by atoms with Crippen molar-refractivity contribution in [3.05, 3.63) is 95.3 Å². The number of amides is 3. The van der Waals surface area contributed by atoms with Crippen molar-refractivity contribution in [2.75, 3.05) is 11.9 Å². The summed E-state index contributed by atoms with van der Waals surface area (Å²) in [5, 5.41) is 2.72. The van der Waals surface area contributed by atoms with Crippen molar-refractivity contribution in [2.45, 2.75) is 6.42 Å². The molecule has 1 aliphatic rings. The summed E-state index contributed by atoms with van der Waals surface area (Å²) in [6.07, 6.45) is 3.73. The van der Waals surface area contributed by atoms with Gasteiger partial charge in [-0.1, -0.05) is 30.3 Å². The minimum absolute atomic E-state index is 0.261. The van der Waals surface area contributed by atoms with E-state index in [0.29, 0.717) is 29.8 Å². The predicted octanol–water partition coefficient (Wildman–Crippen LogP) is 3.17. The normalized spacial score (nSPS) is 12.8. The fraction of sp³-hybridized carbons (Fsp3) is 0.0909. The van der Waals surface area contributed by atoms with Crippen LogP contribution in [-0.4, -0.2) is 34.2 Å². The lowest BCUT2D eigenvalue weighted by atomic mass is 10.1. The summed E-state index contributed by atoms with van der Waals surface area (Å²) in [6, 6.07) is 17.7. The van der Waals surface area contributed by atoms with Gasteiger partial charge in [0.15, 0.2) is 0 Å². The second-order valence-electron chi connectivity index (χ2n) is 6.45. The molecule has 2 aromatic carbocycles. The first-order valence-electron chi connectivity index (χ1n) is 8.89. The lowest BCUT2D eigenvalue weighted by molar-refractivity contribution is 0.0656. The largest absolute Gasteiger partial charge is 0.321 e. The van der Waals surface area contributed by atoms with Gasteiger partial charge in [-0.3, -0.25) is 24.3 Å². The third-order valence-electron chi connectivity index (χ3n) is 4.62. The van der Waals surface area contributed by atoms with Gasteiger partial charge in [-0.05, 0) is 42.3 Å². The van der Waals surface area contributed by atoms with Crippen LogP contribution in [0.3, 0.4) is 0 Å². The molecule has 0 fully saturated rings. The van der Waals surface area contributed by atoms with Crippen LogP contribution >= 0.6 is 0 Å². The molecule has 0 bridgehead atoms. The Labute approximate surface area is 161 Å². The van der Waals surface area contributed by atoms with E-state index < -0.39 is 0 Å². The molecule has 1 aromatic heterocycles. The van der Waals surface area contributed by atoms with Crippen LogP contribution in [0.1, 0.15) is 36.6 Å². The second kappa shape index (κ2) is 7.44. The van der Waals surface area contributed by atoms with E-state index in [1.54, 1.807) is 24.4 Å². The summed E-state index contributed by atoms with van der Waals surface area (Å²) in [4.78, 5) is 43.0. The molecular weight excluding hydrogens is 354 g/mol. The number of hydrogen-bond donors (Lipinski definition) is 1. The average molecular weight is 371 g/mol. The van der Waals surface area contributed by atoms with Gasteiger partial charge in [-0.15, -0.1) is 0 Å². The molecule has 2 heterocycles. The quantitative estimate of drug-likeness (QED) is 0.699. The zero-order valence-electron chi connectivity index (χ0n) is 15.0. The van der Waals surface area contributed by atoms with Crippen LogP contribution < -0.4 is 5.32 Å². The van der Waals surface area contributed by atoms with Crippen molar-refractivity contribution < 1.29 is 14.4 Å². The van der Waals surface area contributed by atoms with E-state index in [-0.39, 0.29) is 23.3 Å². The highest BCUT2D eigenvalue weighted by Gasteiger charge is 2.35. The summed E-state index contributed by atoms with van der Waals surface area (Å²) >= 11 is 0. The van der Waals surface area contributed by atoms with Gasteiger partial charge in [0.05, 0.1) is 23.0 Å². The number of pyridine rings is 1. The number of carbonyl (C=O) groups is 3. The van der Waals surface area contributed by atoms with Crippen LogP contribution in [0.15, 0.2) is 73.1 Å². The van der Waals surface area contributed by atoms with Gasteiger partial charge in [-0.2, -0.15) is 0 Å². The average Bonchev–Trinajstić information content (AvgIpc) is 2.97. The number of fused-ring (bicyclic) bond motifs is 1. The number of hydrogen-bond acceptors (Lipinski definition) is 4. The van der Waals surface area contributed by atoms with E-state index in [2.05, 4.69) is 10.3 Å². The molecule has 0 unspecified atom stereocenters. The Morgan fingerprint density at radius 2 is 1.71 bits per heavy atom. The first-order chi connectivity index (χ1) is 13.6. The molecule has 0 saturated heterocycles. The van der Waals surface area contributed by atoms with Crippen LogP contribution in [0.5, 0.6) is 0 Å². The number of imide groups is 1. The van der Waals surface area contributed by atoms with E-state index in [4.69, 9.17) is 0 Å². The summed E-state index contributed by atoms with van der Waals surface area (Å²) in [5.41, 5.74) is 2.51. The van der Waals surface area contributed by atoms with E-state index in [9.17, 15) is 14.4 Å². The number of carbonyl (C=O) groups excluding carboxylic acids is 3. The summed E-state index contributed by atoms with van der Waals surface area (Å²) in [7, 11) is 0. The fourth-order valence-corrected chi connectivity index (χ4v) is 3.16. The number of rotatable bonds is 5. The van der Waals surface area contributed by atoms with E-state index in [1.165, 1.54) is 23.2 Å². The van der Waals surface area contributed by atoms with Gasteiger partial charge in [0, 0.05) is 18.3 Å². The molecule has 3 aromatic rings. The zero-order chi connectivity index (χ0) is 19.5. The Hall–Kier alpha value is -3.80. The summed E-state index contributed by atoms with van der Waals surface area (Å²) in [6.45, 7) is 0.299. The fourth-order valence-electron chi connectivity index (χ4n) is 3.16. The Morgan fingerprint density at radius 3 is 2.46 bits per heavy atom. The lowest BCUT2D eigenvalue weighted by Gasteiger charge is -2.13. The van der Waals surface area contributed by atoms with E-state index in [0.717, 1.165) is 5.56 Å². The van der Waals surface area contributed by atoms with E-state index >= 15 is 0 Å². The first kappa shape index (κ1) is 17.6. The topological polar surface area (TPSA) is 79.4 Å². The maximum Gasteiger partial charge on any atom is 0.261 e. The standard InChI is InChI=1S/C22H17N3O3/c26-20(24-17-7-4-11-23-14-17)16-8-9-18-19(13-16)22(28)25(21(18)27)12-10-15-5-2-1-3-6-15/h1-9,11,13-14H,10,12H2,(H,24,26). The van der Waals surface area contributed by atoms with Crippen molar-refractivity contribution in [2.24, 2.45) is 0 Å². The molecule has 0 spiro atoms. The van der Waals surface area contributed by atoms with Gasteiger partial charge in [-0.25, -0.2) is 0 Å². The Kier molecular flexibility index (Phi) is 4.68. The van der Waals surface area contributed by atoms with Crippen LogP contribution in [0, 0.1) is 0 Å². The van der Waals surface area contributed by atoms with Crippen molar-refractivity contribution in [1.29, 1.82) is 0 Å². The van der Waals surface area contributed by atoms with Crippen molar-refractivity contribution in [3.63, 3.8) is 0 Å². The molecule has 4 rings (SSSR count). The van der Waals surface area contributed by atoms with Gasteiger partial charge in [0.25, 0.3) is 17.7 Å². The molecule has 0 saturated carbocycles. The van der Waals surface area contributed by atoms with Gasteiger partial charge in [0.1, 0.15) is 0 Å². The van der Waals surface area contributed by atoms with Crippen LogP contribution in [0.2, 0.25) is 0 Å². The molecule has 3 amide bonds. The molecule has 1 N–H and O–H groups in total. The Bertz CT molecular complexity index is 1050. The predicted molar refractivity (Wildman–Crippen MR) is 104 cm³/mol. The number of benzene rings is 2.